The molecule has 0 bridgehead atoms. The quantitative estimate of drug-likeness (QED) is 0.472. The summed E-state index contributed by atoms with van der Waals surface area (Å²) in [6.07, 6.45) is 9.46. The molecule has 1 N–H and O–H groups in total. The summed E-state index contributed by atoms with van der Waals surface area (Å²) in [5.74, 6) is 0. The van der Waals surface area contributed by atoms with Crippen LogP contribution in [0.2, 0.25) is 0 Å². The van der Waals surface area contributed by atoms with E-state index in [1.54, 1.807) is 6.20 Å². The van der Waals surface area contributed by atoms with Gasteiger partial charge in [0.05, 0.1) is 30.0 Å². The van der Waals surface area contributed by atoms with Crippen molar-refractivity contribution in [2.75, 3.05) is 0 Å². The van der Waals surface area contributed by atoms with E-state index < -0.39 is 0 Å². The van der Waals surface area contributed by atoms with Crippen LogP contribution in [0.3, 0.4) is 0 Å². The number of nitrogens with zero attached hydrogens (tertiary/aromatic N) is 5. The topological polar surface area (TPSA) is 58.9 Å². The number of aromatic nitrogens is 4. The molecular weight excluding hydrogens is 404 g/mol. The van der Waals surface area contributed by atoms with Crippen LogP contribution >= 0.6 is 12.2 Å². The Bertz CT molecular complexity index is 1150. The predicted octanol–water partition coefficient (Wildman–Crippen LogP) is 3.89. The zero-order chi connectivity index (χ0) is 21.0. The van der Waals surface area contributed by atoms with Crippen molar-refractivity contribution in [2.45, 2.75) is 25.2 Å². The Hall–Kier alpha value is -3.58. The molecule has 0 aromatic carbocycles. The molecule has 7 heteroatoms. The van der Waals surface area contributed by atoms with Crippen molar-refractivity contribution in [3.63, 3.8) is 0 Å². The van der Waals surface area contributed by atoms with Crippen molar-refractivity contribution < 1.29 is 0 Å². The number of hydrogen-bond donors (Lipinski definition) is 1. The van der Waals surface area contributed by atoms with Crippen LogP contribution in [0.25, 0.3) is 0 Å². The summed E-state index contributed by atoms with van der Waals surface area (Å²) in [5, 5.41) is 4.22. The van der Waals surface area contributed by atoms with E-state index in [2.05, 4.69) is 54.1 Å². The normalized spacial score (nSPS) is 18.2. The van der Waals surface area contributed by atoms with E-state index >= 15 is 0 Å². The molecular formula is C24H22N6S. The fourth-order valence-corrected chi connectivity index (χ4v) is 4.40. The van der Waals surface area contributed by atoms with Gasteiger partial charge in [-0.2, -0.15) is 0 Å². The van der Waals surface area contributed by atoms with Crippen molar-refractivity contribution in [1.29, 1.82) is 0 Å². The maximum atomic E-state index is 5.78. The third-order valence-corrected chi connectivity index (χ3v) is 5.85. The van der Waals surface area contributed by atoms with Crippen LogP contribution in [0.4, 0.5) is 0 Å². The maximum absolute atomic E-state index is 5.78. The molecule has 0 unspecified atom stereocenters. The van der Waals surface area contributed by atoms with Crippen molar-refractivity contribution in [3.8, 4) is 0 Å². The molecule has 1 saturated heterocycles. The van der Waals surface area contributed by atoms with E-state index in [1.807, 2.05) is 61.1 Å². The fraction of sp³-hybridized carbons (Fsp3) is 0.167. The number of rotatable bonds is 6. The molecule has 0 radical (unpaired) electrons. The molecule has 6 nitrogen and oxygen atoms in total. The molecule has 4 aromatic heterocycles. The lowest BCUT2D eigenvalue weighted by Gasteiger charge is -2.28. The van der Waals surface area contributed by atoms with Crippen LogP contribution in [0, 0.1) is 0 Å². The van der Waals surface area contributed by atoms with Gasteiger partial charge in [0.25, 0.3) is 0 Å². The fourth-order valence-electron chi connectivity index (χ4n) is 4.09. The van der Waals surface area contributed by atoms with E-state index in [-0.39, 0.29) is 12.1 Å². The Morgan fingerprint density at radius 2 is 1.74 bits per heavy atom. The maximum Gasteiger partial charge on any atom is 0.170 e. The van der Waals surface area contributed by atoms with Gasteiger partial charge in [0.1, 0.15) is 0 Å². The van der Waals surface area contributed by atoms with Crippen molar-refractivity contribution >= 4 is 17.3 Å². The molecule has 1 aliphatic rings. The number of hydrogen-bond acceptors (Lipinski definition) is 4. The third-order valence-electron chi connectivity index (χ3n) is 5.50. The highest BCUT2D eigenvalue weighted by molar-refractivity contribution is 7.80. The summed E-state index contributed by atoms with van der Waals surface area (Å²) in [7, 11) is 0. The lowest BCUT2D eigenvalue weighted by molar-refractivity contribution is 0.295. The Morgan fingerprint density at radius 3 is 2.48 bits per heavy atom. The van der Waals surface area contributed by atoms with Crippen LogP contribution in [0.1, 0.15) is 34.7 Å². The molecule has 0 aliphatic carbocycles. The monoisotopic (exact) mass is 426 g/mol. The minimum Gasteiger partial charge on any atom is -0.352 e. The average Bonchev–Trinajstić information content (AvgIpc) is 3.40. The number of pyridine rings is 3. The van der Waals surface area contributed by atoms with Crippen molar-refractivity contribution in [2.24, 2.45) is 0 Å². The molecule has 0 spiro atoms. The van der Waals surface area contributed by atoms with Gasteiger partial charge in [0.2, 0.25) is 0 Å². The molecule has 5 heterocycles. The van der Waals surface area contributed by atoms with Crippen molar-refractivity contribution in [1.82, 2.24) is 29.7 Å². The van der Waals surface area contributed by atoms with Gasteiger partial charge < -0.3 is 14.8 Å². The van der Waals surface area contributed by atoms with Crippen LogP contribution in [-0.2, 0) is 13.1 Å². The Kier molecular flexibility index (Phi) is 5.41. The standard InChI is InChI=1S/C24H22N6S/c31-24-28-22(20-9-2-4-13-27-20)23(30(24)17-19-8-1-3-12-26-19)21-10-6-14-29(21)16-18-7-5-11-25-15-18/h1-15,22-23H,16-17H2,(H,28,31)/t22-,23+/m0/s1. The zero-order valence-corrected chi connectivity index (χ0v) is 17.7. The first-order chi connectivity index (χ1) is 15.3. The smallest absolute Gasteiger partial charge is 0.170 e. The lowest BCUT2D eigenvalue weighted by atomic mass is 10.0. The summed E-state index contributed by atoms with van der Waals surface area (Å²) in [6.45, 7) is 1.37. The van der Waals surface area contributed by atoms with Gasteiger partial charge >= 0.3 is 0 Å². The second-order valence-electron chi connectivity index (χ2n) is 7.50. The first-order valence-corrected chi connectivity index (χ1v) is 10.6. The van der Waals surface area contributed by atoms with Gasteiger partial charge in [-0.25, -0.2) is 0 Å². The highest BCUT2D eigenvalue weighted by atomic mass is 32.1. The van der Waals surface area contributed by atoms with Crippen molar-refractivity contribution in [3.05, 3.63) is 114 Å². The predicted molar refractivity (Wildman–Crippen MR) is 123 cm³/mol. The second kappa shape index (κ2) is 8.65. The van der Waals surface area contributed by atoms with E-state index in [0.717, 1.165) is 23.5 Å². The van der Waals surface area contributed by atoms with Gasteiger partial charge in [-0.3, -0.25) is 15.0 Å². The molecule has 4 aromatic rings. The summed E-state index contributed by atoms with van der Waals surface area (Å²) >= 11 is 5.78. The summed E-state index contributed by atoms with van der Waals surface area (Å²) in [5.41, 5.74) is 4.26. The minimum absolute atomic E-state index is 0.0175. The van der Waals surface area contributed by atoms with Gasteiger partial charge in [-0.05, 0) is 60.2 Å². The number of thiocarbonyl (C=S) groups is 1. The first-order valence-electron chi connectivity index (χ1n) is 10.2. The first kappa shape index (κ1) is 19.4. The molecule has 31 heavy (non-hydrogen) atoms. The van der Waals surface area contributed by atoms with Crippen LogP contribution < -0.4 is 5.32 Å². The third kappa shape index (κ3) is 4.04. The highest BCUT2D eigenvalue weighted by Gasteiger charge is 2.41. The molecule has 0 saturated carbocycles. The van der Waals surface area contributed by atoms with E-state index in [1.165, 1.54) is 5.69 Å². The molecule has 1 aliphatic heterocycles. The minimum atomic E-state index is -0.0556. The lowest BCUT2D eigenvalue weighted by Crippen LogP contribution is -2.30. The summed E-state index contributed by atoms with van der Waals surface area (Å²) in [4.78, 5) is 15.6. The summed E-state index contributed by atoms with van der Waals surface area (Å²) < 4.78 is 2.26. The Labute approximate surface area is 186 Å². The molecule has 1 fully saturated rings. The van der Waals surface area contributed by atoms with E-state index in [4.69, 9.17) is 12.2 Å². The Balaban J connectivity index is 1.54. The molecule has 154 valence electrons. The SMILES string of the molecule is S=C1N[C@@H](c2ccccn2)[C@@H](c2cccn2Cc2cccnc2)N1Cc1ccccn1. The molecule has 0 amide bonds. The molecule has 2 atom stereocenters. The van der Waals surface area contributed by atoms with Crippen LogP contribution in [0.15, 0.2) is 91.6 Å². The summed E-state index contributed by atoms with van der Waals surface area (Å²) in [6, 6.07) is 20.2. The number of nitrogens with one attached hydrogen (secondary N) is 1. The van der Waals surface area contributed by atoms with Crippen LogP contribution in [-0.4, -0.2) is 29.5 Å². The van der Waals surface area contributed by atoms with Gasteiger partial charge in [-0.15, -0.1) is 0 Å². The Morgan fingerprint density at radius 1 is 0.871 bits per heavy atom. The van der Waals surface area contributed by atoms with E-state index in [9.17, 15) is 0 Å². The zero-order valence-electron chi connectivity index (χ0n) is 16.9. The highest BCUT2D eigenvalue weighted by Crippen LogP contribution is 2.39. The second-order valence-corrected chi connectivity index (χ2v) is 7.88. The van der Waals surface area contributed by atoms with Gasteiger partial charge in [0.15, 0.2) is 5.11 Å². The van der Waals surface area contributed by atoms with E-state index in [0.29, 0.717) is 11.7 Å². The largest absolute Gasteiger partial charge is 0.352 e. The van der Waals surface area contributed by atoms with Gasteiger partial charge in [0, 0.05) is 43.2 Å². The average molecular weight is 427 g/mol. The van der Waals surface area contributed by atoms with Crippen LogP contribution in [0.5, 0.6) is 0 Å². The van der Waals surface area contributed by atoms with Gasteiger partial charge in [-0.1, -0.05) is 18.2 Å². The molecule has 5 rings (SSSR count).